The number of benzene rings is 2. The number of nitrogens with one attached hydrogen (secondary N) is 1. The molecule has 9 nitrogen and oxygen atoms in total. The van der Waals surface area contributed by atoms with E-state index in [2.05, 4.69) is 21.1 Å². The molecule has 0 spiro atoms. The number of rotatable bonds is 8. The molecule has 174 valence electrons. The number of hydrogen-bond donors (Lipinski definition) is 2. The molecule has 3 aromatic rings. The Morgan fingerprint density at radius 2 is 1.94 bits per heavy atom. The average molecular weight is 460 g/mol. The van der Waals surface area contributed by atoms with Gasteiger partial charge in [0.1, 0.15) is 5.75 Å². The smallest absolute Gasteiger partial charge is 0.267 e. The van der Waals surface area contributed by atoms with Gasteiger partial charge in [0.25, 0.3) is 11.8 Å². The second-order valence-corrected chi connectivity index (χ2v) is 8.07. The third kappa shape index (κ3) is 6.28. The van der Waals surface area contributed by atoms with Crippen LogP contribution in [0.4, 0.5) is 0 Å². The normalized spacial score (nSPS) is 14.7. The molecular weight excluding hydrogens is 434 g/mol. The van der Waals surface area contributed by atoms with Crippen LogP contribution in [0.25, 0.3) is 6.08 Å². The van der Waals surface area contributed by atoms with Gasteiger partial charge in [-0.15, -0.1) is 0 Å². The number of likely N-dealkylation sites (tertiary alicyclic amines) is 1. The number of hydrogen-bond acceptors (Lipinski definition) is 8. The molecule has 0 radical (unpaired) electrons. The molecule has 1 aliphatic rings. The van der Waals surface area contributed by atoms with Gasteiger partial charge in [-0.05, 0) is 67.4 Å². The first-order valence-electron chi connectivity index (χ1n) is 11.0. The van der Waals surface area contributed by atoms with Crippen molar-refractivity contribution in [3.8, 4) is 11.8 Å². The molecule has 1 amide bonds. The Bertz CT molecular complexity index is 1160. The monoisotopic (exact) mass is 459 g/mol. The average Bonchev–Trinajstić information content (AvgIpc) is 3.36. The number of nitrogens with zero attached hydrogens (tertiary/aromatic N) is 4. The summed E-state index contributed by atoms with van der Waals surface area (Å²) < 4.78 is 11.1. The molecule has 1 aliphatic heterocycles. The maximum atomic E-state index is 11.0. The molecule has 0 saturated carbocycles. The summed E-state index contributed by atoms with van der Waals surface area (Å²) in [5.41, 5.74) is 4.22. The fraction of sp³-hybridized carbons (Fsp3) is 0.280. The summed E-state index contributed by atoms with van der Waals surface area (Å²) in [5.74, 6) is 1.46. The van der Waals surface area contributed by atoms with Crippen LogP contribution < -0.4 is 10.2 Å². The number of amides is 1. The van der Waals surface area contributed by atoms with Gasteiger partial charge in [-0.1, -0.05) is 29.4 Å². The number of carbonyl (C=O) groups excluding carboxylic acids is 1. The van der Waals surface area contributed by atoms with E-state index < -0.39 is 5.91 Å². The molecule has 1 aromatic heterocycles. The maximum absolute atomic E-state index is 11.0. The third-order valence-electron chi connectivity index (χ3n) is 5.71. The molecule has 1 fully saturated rings. The predicted octanol–water partition coefficient (Wildman–Crippen LogP) is 3.42. The highest BCUT2D eigenvalue weighted by Crippen LogP contribution is 2.27. The van der Waals surface area contributed by atoms with Gasteiger partial charge in [-0.25, -0.2) is 5.48 Å². The van der Waals surface area contributed by atoms with Gasteiger partial charge in [-0.2, -0.15) is 10.2 Å². The molecule has 4 rings (SSSR count). The summed E-state index contributed by atoms with van der Waals surface area (Å²) in [4.78, 5) is 18.0. The second-order valence-electron chi connectivity index (χ2n) is 8.07. The molecule has 0 aliphatic carbocycles. The summed E-state index contributed by atoms with van der Waals surface area (Å²) in [6, 6.07) is 17.0. The highest BCUT2D eigenvalue weighted by molar-refractivity contribution is 5.90. The lowest BCUT2D eigenvalue weighted by molar-refractivity contribution is -0.124. The van der Waals surface area contributed by atoms with Gasteiger partial charge in [0.05, 0.1) is 11.6 Å². The lowest BCUT2D eigenvalue weighted by atomic mass is 9.96. The molecule has 1 saturated heterocycles. The van der Waals surface area contributed by atoms with Crippen LogP contribution >= 0.6 is 0 Å². The SMILES string of the molecule is N#Cc1ccc(CN2CCC(c3noc(COc4ccc(/C=C/C(=O)NO)cc4)n3)CC2)cc1. The summed E-state index contributed by atoms with van der Waals surface area (Å²) in [6.45, 7) is 2.94. The van der Waals surface area contributed by atoms with Crippen molar-refractivity contribution in [2.24, 2.45) is 0 Å². The van der Waals surface area contributed by atoms with Crippen LogP contribution in [0.1, 0.15) is 47.2 Å². The molecule has 0 bridgehead atoms. The summed E-state index contributed by atoms with van der Waals surface area (Å²) in [6.07, 6.45) is 4.72. The minimum absolute atomic E-state index is 0.173. The first-order valence-corrected chi connectivity index (χ1v) is 11.0. The van der Waals surface area contributed by atoms with E-state index in [-0.39, 0.29) is 12.5 Å². The van der Waals surface area contributed by atoms with E-state index in [9.17, 15) is 4.79 Å². The Kier molecular flexibility index (Phi) is 7.65. The summed E-state index contributed by atoms with van der Waals surface area (Å²) >= 11 is 0. The zero-order valence-electron chi connectivity index (χ0n) is 18.6. The second kappa shape index (κ2) is 11.2. The standard InChI is InChI=1S/C25H25N5O4/c26-15-19-1-3-20(4-2-19)16-30-13-11-21(12-14-30)25-27-24(34-29-25)17-33-22-8-5-18(6-9-22)7-10-23(31)28-32/h1-10,21,32H,11-14,16-17H2,(H,28,31)/b10-7+. The van der Waals surface area contributed by atoms with Crippen LogP contribution in [-0.4, -0.2) is 39.2 Å². The van der Waals surface area contributed by atoms with Crippen molar-refractivity contribution < 1.29 is 19.3 Å². The largest absolute Gasteiger partial charge is 0.484 e. The summed E-state index contributed by atoms with van der Waals surface area (Å²) in [7, 11) is 0. The minimum Gasteiger partial charge on any atom is -0.484 e. The number of carbonyl (C=O) groups is 1. The minimum atomic E-state index is -0.593. The Labute approximate surface area is 197 Å². The van der Waals surface area contributed by atoms with Crippen LogP contribution in [0.2, 0.25) is 0 Å². The zero-order valence-corrected chi connectivity index (χ0v) is 18.6. The first-order chi connectivity index (χ1) is 16.6. The molecule has 0 atom stereocenters. The van der Waals surface area contributed by atoms with Crippen LogP contribution in [0.15, 0.2) is 59.1 Å². The van der Waals surface area contributed by atoms with Crippen molar-refractivity contribution in [3.05, 3.63) is 83.0 Å². The van der Waals surface area contributed by atoms with Gasteiger partial charge in [-0.3, -0.25) is 14.9 Å². The van der Waals surface area contributed by atoms with Gasteiger partial charge < -0.3 is 9.26 Å². The van der Waals surface area contributed by atoms with Crippen molar-refractivity contribution in [2.75, 3.05) is 13.1 Å². The van der Waals surface area contributed by atoms with Gasteiger partial charge in [0.15, 0.2) is 12.4 Å². The number of ether oxygens (including phenoxy) is 1. The zero-order chi connectivity index (χ0) is 23.8. The van der Waals surface area contributed by atoms with Crippen molar-refractivity contribution in [1.82, 2.24) is 20.5 Å². The number of hydroxylamine groups is 1. The van der Waals surface area contributed by atoms with Crippen molar-refractivity contribution in [3.63, 3.8) is 0 Å². The lowest BCUT2D eigenvalue weighted by Crippen LogP contribution is -2.32. The quantitative estimate of drug-likeness (QED) is 0.298. The summed E-state index contributed by atoms with van der Waals surface area (Å²) in [5, 5.41) is 21.6. The Hall–Kier alpha value is -4.00. The fourth-order valence-corrected chi connectivity index (χ4v) is 3.81. The van der Waals surface area contributed by atoms with E-state index >= 15 is 0 Å². The molecular formula is C25H25N5O4. The van der Waals surface area contributed by atoms with E-state index in [0.717, 1.165) is 43.9 Å². The number of aromatic nitrogens is 2. The first kappa shape index (κ1) is 23.2. The van der Waals surface area contributed by atoms with Crippen molar-refractivity contribution in [2.45, 2.75) is 31.9 Å². The van der Waals surface area contributed by atoms with Crippen LogP contribution in [-0.2, 0) is 17.9 Å². The highest BCUT2D eigenvalue weighted by Gasteiger charge is 2.24. The predicted molar refractivity (Wildman–Crippen MR) is 122 cm³/mol. The molecule has 2 aromatic carbocycles. The van der Waals surface area contributed by atoms with Gasteiger partial charge in [0, 0.05) is 18.5 Å². The molecule has 9 heteroatoms. The van der Waals surface area contributed by atoms with Crippen molar-refractivity contribution in [1.29, 1.82) is 5.26 Å². The van der Waals surface area contributed by atoms with E-state index in [4.69, 9.17) is 19.7 Å². The molecule has 2 heterocycles. The third-order valence-corrected chi connectivity index (χ3v) is 5.71. The van der Waals surface area contributed by atoms with Crippen molar-refractivity contribution >= 4 is 12.0 Å². The Balaban J connectivity index is 1.23. The van der Waals surface area contributed by atoms with E-state index in [1.807, 2.05) is 24.3 Å². The van der Waals surface area contributed by atoms with Crippen LogP contribution in [0, 0.1) is 11.3 Å². The Morgan fingerprint density at radius 3 is 2.62 bits per heavy atom. The molecule has 2 N–H and O–H groups in total. The van der Waals surface area contributed by atoms with Crippen LogP contribution in [0.5, 0.6) is 5.75 Å². The Morgan fingerprint density at radius 1 is 1.21 bits per heavy atom. The number of piperidine rings is 1. The maximum Gasteiger partial charge on any atom is 0.267 e. The van der Waals surface area contributed by atoms with Gasteiger partial charge in [0.2, 0.25) is 0 Å². The van der Waals surface area contributed by atoms with E-state index in [1.165, 1.54) is 11.6 Å². The molecule has 0 unspecified atom stereocenters. The topological polar surface area (TPSA) is 125 Å². The van der Waals surface area contributed by atoms with Gasteiger partial charge >= 0.3 is 0 Å². The van der Waals surface area contributed by atoms with Crippen LogP contribution in [0.3, 0.4) is 0 Å². The lowest BCUT2D eigenvalue weighted by Gasteiger charge is -2.30. The number of nitriles is 1. The highest BCUT2D eigenvalue weighted by atomic mass is 16.5. The van der Waals surface area contributed by atoms with E-state index in [1.54, 1.807) is 35.8 Å². The molecule has 34 heavy (non-hydrogen) atoms. The fourth-order valence-electron chi connectivity index (χ4n) is 3.81. The van der Waals surface area contributed by atoms with E-state index in [0.29, 0.717) is 17.2 Å².